The fraction of sp³-hybridized carbons (Fsp3) is 0.667. The molecule has 0 saturated heterocycles. The number of halogens is 2. The van der Waals surface area contributed by atoms with Crippen LogP contribution in [0.15, 0.2) is 0 Å². The van der Waals surface area contributed by atoms with Gasteiger partial charge in [-0.1, -0.05) is 0 Å². The Hall–Kier alpha value is 1.27. The molecule has 0 heterocycles. The van der Waals surface area contributed by atoms with E-state index in [2.05, 4.69) is 3.53 Å². The molecule has 0 bridgehead atoms. The van der Waals surface area contributed by atoms with Crippen molar-refractivity contribution in [2.75, 3.05) is 12.0 Å². The van der Waals surface area contributed by atoms with E-state index in [4.69, 9.17) is 10.0 Å². The second-order valence-corrected chi connectivity index (χ2v) is 8.22. The first-order chi connectivity index (χ1) is 4.22. The second kappa shape index (κ2) is 6.02. The number of hydrogen-bond acceptors (Lipinski definition) is 3. The fourth-order valence-electron chi connectivity index (χ4n) is 0.272. The Bertz CT molecular complexity index is 108. The van der Waals surface area contributed by atoms with Crippen molar-refractivity contribution >= 4 is 29.3 Å². The Morgan fingerprint density at radius 2 is 2.22 bits per heavy atom. The van der Waals surface area contributed by atoms with E-state index in [-0.39, 0.29) is 42.2 Å². The predicted octanol–water partition coefficient (Wildman–Crippen LogP) is -4.05. The molecular weight excluding hydrogens is 347 g/mol. The van der Waals surface area contributed by atoms with Crippen LogP contribution in [0.2, 0.25) is 0 Å². The van der Waals surface area contributed by atoms with Gasteiger partial charge in [-0.15, -0.1) is 0 Å². The van der Waals surface area contributed by atoms with Crippen molar-refractivity contribution in [3.8, 4) is 0 Å². The molecular formula is C3H9BI2NO2-. The van der Waals surface area contributed by atoms with Crippen molar-refractivity contribution in [3.05, 3.63) is 0 Å². The van der Waals surface area contributed by atoms with E-state index in [0.29, 0.717) is 0 Å². The van der Waals surface area contributed by atoms with Crippen LogP contribution >= 0.6 is 20.7 Å². The van der Waals surface area contributed by atoms with Crippen molar-refractivity contribution in [1.82, 2.24) is 3.53 Å². The van der Waals surface area contributed by atoms with E-state index in [1.807, 2.05) is 12.0 Å². The standard InChI is InChI=1S/C3H9BI2NO2/c1-5-3(4(8)9)6-7-2/h7-9H,1-2H3/q-1. The van der Waals surface area contributed by atoms with Gasteiger partial charge in [0.15, 0.2) is 0 Å². The van der Waals surface area contributed by atoms with Crippen molar-refractivity contribution in [2.45, 2.75) is 0 Å². The molecule has 0 spiro atoms. The van der Waals surface area contributed by atoms with E-state index < -0.39 is 7.12 Å². The zero-order valence-electron chi connectivity index (χ0n) is 5.23. The van der Waals surface area contributed by atoms with Crippen molar-refractivity contribution in [2.24, 2.45) is 0 Å². The SMILES string of the molecule is CN[I-]C(=IC)B(O)O. The first-order valence-corrected chi connectivity index (χ1v) is 7.64. The summed E-state index contributed by atoms with van der Waals surface area (Å²) in [6, 6.07) is 0. The minimum atomic E-state index is -1.16. The van der Waals surface area contributed by atoms with E-state index >= 15 is 0 Å². The summed E-state index contributed by atoms with van der Waals surface area (Å²) in [6.45, 7) is 0. The second-order valence-electron chi connectivity index (χ2n) is 1.14. The van der Waals surface area contributed by atoms with Crippen LogP contribution in [-0.4, -0.2) is 30.6 Å². The van der Waals surface area contributed by atoms with E-state index in [0.717, 1.165) is 1.41 Å². The molecule has 0 amide bonds. The summed E-state index contributed by atoms with van der Waals surface area (Å²) in [6.07, 6.45) is 0. The Labute approximate surface area is 75.7 Å². The summed E-state index contributed by atoms with van der Waals surface area (Å²) in [5.74, 6) is 0. The van der Waals surface area contributed by atoms with Gasteiger partial charge in [-0.25, -0.2) is 0 Å². The normalized spacial score (nSPS) is 13.1. The molecule has 0 unspecified atom stereocenters. The predicted molar refractivity (Wildman–Crippen MR) is 44.2 cm³/mol. The Kier molecular flexibility index (Phi) is 6.87. The third-order valence-electron chi connectivity index (χ3n) is 0.560. The molecule has 0 fully saturated rings. The van der Waals surface area contributed by atoms with Gasteiger partial charge in [-0.3, -0.25) is 0 Å². The molecule has 0 radical (unpaired) electrons. The summed E-state index contributed by atoms with van der Waals surface area (Å²) in [4.78, 5) is 2.03. The third kappa shape index (κ3) is 4.65. The topological polar surface area (TPSA) is 52.5 Å². The van der Waals surface area contributed by atoms with Gasteiger partial charge in [-0.2, -0.15) is 0 Å². The van der Waals surface area contributed by atoms with E-state index in [1.54, 1.807) is 0 Å². The van der Waals surface area contributed by atoms with Crippen molar-refractivity contribution < 1.29 is 31.5 Å². The molecule has 0 rings (SSSR count). The molecule has 0 aromatic rings. The molecule has 0 aliphatic carbocycles. The van der Waals surface area contributed by atoms with Crippen LogP contribution in [0.25, 0.3) is 0 Å². The van der Waals surface area contributed by atoms with Crippen LogP contribution in [0.5, 0.6) is 0 Å². The molecule has 6 heteroatoms. The third-order valence-corrected chi connectivity index (χ3v) is 7.86. The van der Waals surface area contributed by atoms with Crippen LogP contribution < -0.4 is 25.0 Å². The zero-order chi connectivity index (χ0) is 7.28. The number of hydrogen-bond donors (Lipinski definition) is 3. The van der Waals surface area contributed by atoms with E-state index in [1.165, 1.54) is 0 Å². The minimum absolute atomic E-state index is 0.102. The van der Waals surface area contributed by atoms with Crippen LogP contribution in [0.3, 0.4) is 0 Å². The van der Waals surface area contributed by atoms with Gasteiger partial charge in [-0.05, 0) is 0 Å². The summed E-state index contributed by atoms with van der Waals surface area (Å²) >= 11 is -0.365. The molecule has 56 valence electrons. The summed E-state index contributed by atoms with van der Waals surface area (Å²) in [7, 11) is 0.678. The first-order valence-electron chi connectivity index (χ1n) is 2.25. The van der Waals surface area contributed by atoms with Crippen molar-refractivity contribution in [1.29, 1.82) is 0 Å². The van der Waals surface area contributed by atoms with Gasteiger partial charge < -0.3 is 0 Å². The van der Waals surface area contributed by atoms with Crippen LogP contribution in [0.4, 0.5) is 0 Å². The number of nitrogens with one attached hydrogen (secondary N) is 1. The first kappa shape index (κ1) is 10.3. The molecule has 9 heavy (non-hydrogen) atoms. The Morgan fingerprint density at radius 3 is 2.33 bits per heavy atom. The monoisotopic (exact) mass is 356 g/mol. The molecule has 3 nitrogen and oxygen atoms in total. The van der Waals surface area contributed by atoms with Gasteiger partial charge in [0, 0.05) is 0 Å². The van der Waals surface area contributed by atoms with Gasteiger partial charge in [0.2, 0.25) is 0 Å². The maximum atomic E-state index is 8.68. The molecule has 0 atom stereocenters. The summed E-state index contributed by atoms with van der Waals surface area (Å²) in [5.41, 5.74) is 0. The average Bonchev–Trinajstić information content (AvgIpc) is 1.82. The zero-order valence-corrected chi connectivity index (χ0v) is 9.54. The Morgan fingerprint density at radius 1 is 1.67 bits per heavy atom. The van der Waals surface area contributed by atoms with E-state index in [9.17, 15) is 0 Å². The Balaban J connectivity index is 3.70. The van der Waals surface area contributed by atoms with Crippen LogP contribution in [0, 0.1) is 0 Å². The molecule has 0 aromatic heterocycles. The number of alkyl halides is 1. The molecule has 0 aliphatic heterocycles. The van der Waals surface area contributed by atoms with Gasteiger partial charge in [0.05, 0.1) is 0 Å². The summed E-state index contributed by atoms with van der Waals surface area (Å²) < 4.78 is 3.92. The summed E-state index contributed by atoms with van der Waals surface area (Å²) in [5, 5.41) is 17.4. The maximum absolute atomic E-state index is 8.68. The number of rotatable bonds is 3. The quantitative estimate of drug-likeness (QED) is 0.209. The fourth-order valence-corrected chi connectivity index (χ4v) is 4.56. The molecule has 0 aromatic carbocycles. The van der Waals surface area contributed by atoms with Crippen LogP contribution in [-0.2, 0) is 0 Å². The van der Waals surface area contributed by atoms with Gasteiger partial charge in [0.1, 0.15) is 0 Å². The molecule has 0 saturated carbocycles. The molecule has 3 N–H and O–H groups in total. The van der Waals surface area contributed by atoms with Gasteiger partial charge >= 0.3 is 76.3 Å². The van der Waals surface area contributed by atoms with Crippen LogP contribution in [0.1, 0.15) is 0 Å². The molecule has 0 aliphatic rings. The van der Waals surface area contributed by atoms with Crippen molar-refractivity contribution in [3.63, 3.8) is 0 Å². The van der Waals surface area contributed by atoms with Gasteiger partial charge in [0.25, 0.3) is 0 Å². The average molecular weight is 356 g/mol.